The second-order valence-corrected chi connectivity index (χ2v) is 6.27. The molecule has 0 aliphatic carbocycles. The smallest absolute Gasteiger partial charge is 0.309 e. The molecule has 0 fully saturated rings. The number of carbonyl (C=O) groups excluding carboxylic acids is 2. The van der Waals surface area contributed by atoms with Crippen LogP contribution < -0.4 is 10.6 Å². The van der Waals surface area contributed by atoms with Gasteiger partial charge in [0.2, 0.25) is 0 Å². The van der Waals surface area contributed by atoms with Gasteiger partial charge in [-0.15, -0.1) is 0 Å². The molecule has 0 saturated carbocycles. The Bertz CT molecular complexity index is 777. The van der Waals surface area contributed by atoms with Gasteiger partial charge in [0.1, 0.15) is 11.4 Å². The number of carbonyl (C=O) groups is 2. The summed E-state index contributed by atoms with van der Waals surface area (Å²) in [5, 5.41) is 5.06. The SMILES string of the molecule is COC(C)(CNC(=O)C(=O)NCc1ccc(C)cc1)c1ccccc1F. The molecular formula is C20H23FN2O3. The van der Waals surface area contributed by atoms with Crippen molar-refractivity contribution < 1.29 is 18.7 Å². The third kappa shape index (κ3) is 4.89. The maximum absolute atomic E-state index is 14.0. The van der Waals surface area contributed by atoms with Crippen molar-refractivity contribution in [1.82, 2.24) is 10.6 Å². The van der Waals surface area contributed by atoms with Gasteiger partial charge in [0, 0.05) is 19.2 Å². The van der Waals surface area contributed by atoms with Crippen LogP contribution in [0.15, 0.2) is 48.5 Å². The van der Waals surface area contributed by atoms with Crippen molar-refractivity contribution in [3.63, 3.8) is 0 Å². The quantitative estimate of drug-likeness (QED) is 0.780. The highest BCUT2D eigenvalue weighted by Gasteiger charge is 2.30. The minimum atomic E-state index is -1.09. The number of benzene rings is 2. The third-order valence-corrected chi connectivity index (χ3v) is 4.26. The number of halogens is 1. The van der Waals surface area contributed by atoms with E-state index in [1.807, 2.05) is 31.2 Å². The predicted octanol–water partition coefficient (Wildman–Crippen LogP) is 2.43. The molecule has 0 aromatic heterocycles. The minimum absolute atomic E-state index is 0.0405. The first-order valence-electron chi connectivity index (χ1n) is 8.27. The highest BCUT2D eigenvalue weighted by Crippen LogP contribution is 2.26. The molecule has 2 amide bonds. The zero-order chi connectivity index (χ0) is 19.2. The molecule has 2 rings (SSSR count). The van der Waals surface area contributed by atoms with Crippen molar-refractivity contribution in [2.75, 3.05) is 13.7 Å². The van der Waals surface area contributed by atoms with Crippen LogP contribution in [-0.4, -0.2) is 25.5 Å². The summed E-state index contributed by atoms with van der Waals surface area (Å²) in [6.45, 7) is 3.83. The minimum Gasteiger partial charge on any atom is -0.372 e. The summed E-state index contributed by atoms with van der Waals surface area (Å²) in [4.78, 5) is 24.0. The summed E-state index contributed by atoms with van der Waals surface area (Å²) in [7, 11) is 1.43. The molecule has 1 unspecified atom stereocenters. The Hall–Kier alpha value is -2.73. The number of nitrogens with one attached hydrogen (secondary N) is 2. The predicted molar refractivity (Wildman–Crippen MR) is 96.8 cm³/mol. The van der Waals surface area contributed by atoms with Crippen molar-refractivity contribution in [2.45, 2.75) is 26.0 Å². The number of ether oxygens (including phenoxy) is 1. The van der Waals surface area contributed by atoms with E-state index in [-0.39, 0.29) is 13.1 Å². The molecule has 0 radical (unpaired) electrons. The molecule has 0 saturated heterocycles. The number of hydrogen-bond donors (Lipinski definition) is 2. The van der Waals surface area contributed by atoms with E-state index in [1.165, 1.54) is 13.2 Å². The Balaban J connectivity index is 1.92. The summed E-state index contributed by atoms with van der Waals surface area (Å²) in [5.74, 6) is -1.98. The summed E-state index contributed by atoms with van der Waals surface area (Å²) < 4.78 is 19.4. The molecule has 0 spiro atoms. The Morgan fingerprint density at radius 3 is 2.27 bits per heavy atom. The van der Waals surface area contributed by atoms with Gasteiger partial charge in [-0.3, -0.25) is 9.59 Å². The van der Waals surface area contributed by atoms with Crippen LogP contribution in [0.3, 0.4) is 0 Å². The molecule has 138 valence electrons. The maximum atomic E-state index is 14.0. The fraction of sp³-hybridized carbons (Fsp3) is 0.300. The molecule has 0 aliphatic heterocycles. The van der Waals surface area contributed by atoms with Crippen LogP contribution in [0.5, 0.6) is 0 Å². The van der Waals surface area contributed by atoms with E-state index in [0.717, 1.165) is 11.1 Å². The summed E-state index contributed by atoms with van der Waals surface area (Å²) in [6.07, 6.45) is 0. The van der Waals surface area contributed by atoms with Gasteiger partial charge < -0.3 is 15.4 Å². The lowest BCUT2D eigenvalue weighted by Gasteiger charge is -2.29. The highest BCUT2D eigenvalue weighted by atomic mass is 19.1. The first kappa shape index (κ1) is 19.6. The fourth-order valence-electron chi connectivity index (χ4n) is 2.47. The van der Waals surface area contributed by atoms with Crippen LogP contribution >= 0.6 is 0 Å². The van der Waals surface area contributed by atoms with Crippen LogP contribution in [0.2, 0.25) is 0 Å². The Kier molecular flexibility index (Phi) is 6.46. The number of hydrogen-bond acceptors (Lipinski definition) is 3. The number of methoxy groups -OCH3 is 1. The molecule has 0 bridgehead atoms. The van der Waals surface area contributed by atoms with Gasteiger partial charge in [0.15, 0.2) is 0 Å². The van der Waals surface area contributed by atoms with Gasteiger partial charge in [0.05, 0.1) is 6.54 Å². The zero-order valence-corrected chi connectivity index (χ0v) is 15.1. The van der Waals surface area contributed by atoms with Crippen molar-refractivity contribution in [2.24, 2.45) is 0 Å². The molecule has 6 heteroatoms. The first-order chi connectivity index (χ1) is 12.4. The van der Waals surface area contributed by atoms with Crippen molar-refractivity contribution in [1.29, 1.82) is 0 Å². The van der Waals surface area contributed by atoms with Crippen LogP contribution in [0.1, 0.15) is 23.6 Å². The Morgan fingerprint density at radius 2 is 1.65 bits per heavy atom. The highest BCUT2D eigenvalue weighted by molar-refractivity contribution is 6.35. The number of rotatable bonds is 6. The largest absolute Gasteiger partial charge is 0.372 e. The second-order valence-electron chi connectivity index (χ2n) is 6.27. The molecule has 26 heavy (non-hydrogen) atoms. The van der Waals surface area contributed by atoms with Gasteiger partial charge in [0.25, 0.3) is 0 Å². The Labute approximate surface area is 152 Å². The van der Waals surface area contributed by atoms with Crippen molar-refractivity contribution >= 4 is 11.8 Å². The molecule has 2 N–H and O–H groups in total. The van der Waals surface area contributed by atoms with Gasteiger partial charge in [-0.1, -0.05) is 48.0 Å². The fourth-order valence-corrected chi connectivity index (χ4v) is 2.47. The summed E-state index contributed by atoms with van der Waals surface area (Å²) in [6, 6.07) is 13.8. The second kappa shape index (κ2) is 8.58. The average molecular weight is 358 g/mol. The molecule has 5 nitrogen and oxygen atoms in total. The molecule has 0 heterocycles. The van der Waals surface area contributed by atoms with E-state index in [9.17, 15) is 14.0 Å². The molecular weight excluding hydrogens is 335 g/mol. The van der Waals surface area contributed by atoms with E-state index >= 15 is 0 Å². The van der Waals surface area contributed by atoms with Crippen molar-refractivity contribution in [3.8, 4) is 0 Å². The van der Waals surface area contributed by atoms with Gasteiger partial charge in [-0.25, -0.2) is 4.39 Å². The molecule has 0 aliphatic rings. The van der Waals surface area contributed by atoms with E-state index in [4.69, 9.17) is 4.74 Å². The zero-order valence-electron chi connectivity index (χ0n) is 15.1. The molecule has 2 aromatic rings. The van der Waals surface area contributed by atoms with Crippen LogP contribution in [0.25, 0.3) is 0 Å². The van der Waals surface area contributed by atoms with E-state index in [0.29, 0.717) is 5.56 Å². The monoisotopic (exact) mass is 358 g/mol. The first-order valence-corrected chi connectivity index (χ1v) is 8.27. The van der Waals surface area contributed by atoms with Gasteiger partial charge in [-0.05, 0) is 25.5 Å². The lowest BCUT2D eigenvalue weighted by atomic mass is 9.95. The van der Waals surface area contributed by atoms with Crippen LogP contribution in [0.4, 0.5) is 4.39 Å². The summed E-state index contributed by atoms with van der Waals surface area (Å²) in [5.41, 5.74) is 1.23. The van der Waals surface area contributed by atoms with E-state index in [1.54, 1.807) is 25.1 Å². The van der Waals surface area contributed by atoms with Crippen molar-refractivity contribution in [3.05, 3.63) is 71.0 Å². The normalized spacial score (nSPS) is 12.9. The van der Waals surface area contributed by atoms with Gasteiger partial charge in [-0.2, -0.15) is 0 Å². The van der Waals surface area contributed by atoms with Crippen LogP contribution in [-0.2, 0) is 26.5 Å². The number of aryl methyl sites for hydroxylation is 1. The topological polar surface area (TPSA) is 67.4 Å². The van der Waals surface area contributed by atoms with Crippen LogP contribution in [0, 0.1) is 12.7 Å². The average Bonchev–Trinajstić information content (AvgIpc) is 2.65. The Morgan fingerprint density at radius 1 is 1.04 bits per heavy atom. The molecule has 1 atom stereocenters. The summed E-state index contributed by atoms with van der Waals surface area (Å²) >= 11 is 0. The molecule has 2 aromatic carbocycles. The maximum Gasteiger partial charge on any atom is 0.309 e. The van der Waals surface area contributed by atoms with E-state index in [2.05, 4.69) is 10.6 Å². The third-order valence-electron chi connectivity index (χ3n) is 4.26. The lowest BCUT2D eigenvalue weighted by molar-refractivity contribution is -0.140. The number of amides is 2. The van der Waals surface area contributed by atoms with Gasteiger partial charge >= 0.3 is 11.8 Å². The van der Waals surface area contributed by atoms with E-state index < -0.39 is 23.2 Å². The lowest BCUT2D eigenvalue weighted by Crippen LogP contribution is -2.46. The standard InChI is InChI=1S/C20H23FN2O3/c1-14-8-10-15(11-9-14)12-22-18(24)19(25)23-13-20(2,26-3)16-6-4-5-7-17(16)21/h4-11H,12-13H2,1-3H3,(H,22,24)(H,23,25).